The SMILES string of the molecule is COc1ccc(C(O)Cc2nnn(C)n2)cc1Cl. The summed E-state index contributed by atoms with van der Waals surface area (Å²) in [5.74, 6) is 1.06. The zero-order chi connectivity index (χ0) is 13.1. The predicted octanol–water partition coefficient (Wildman–Crippen LogP) is 1.15. The monoisotopic (exact) mass is 268 g/mol. The van der Waals surface area contributed by atoms with Crippen LogP contribution in [0.15, 0.2) is 18.2 Å². The highest BCUT2D eigenvalue weighted by Crippen LogP contribution is 2.28. The number of halogens is 1. The number of rotatable bonds is 4. The Morgan fingerprint density at radius 1 is 1.50 bits per heavy atom. The Bertz CT molecular complexity index is 544. The first-order chi connectivity index (χ1) is 8.60. The number of nitrogens with zero attached hydrogens (tertiary/aromatic N) is 4. The van der Waals surface area contributed by atoms with Gasteiger partial charge in [-0.3, -0.25) is 0 Å². The minimum Gasteiger partial charge on any atom is -0.495 e. The first-order valence-corrected chi connectivity index (χ1v) is 5.72. The van der Waals surface area contributed by atoms with Gasteiger partial charge in [-0.2, -0.15) is 4.80 Å². The van der Waals surface area contributed by atoms with E-state index in [1.165, 1.54) is 4.80 Å². The minimum absolute atomic E-state index is 0.288. The van der Waals surface area contributed by atoms with E-state index in [0.29, 0.717) is 22.2 Å². The number of tetrazole rings is 1. The third-order valence-corrected chi connectivity index (χ3v) is 2.78. The third kappa shape index (κ3) is 2.77. The molecule has 0 aliphatic rings. The summed E-state index contributed by atoms with van der Waals surface area (Å²) in [6.07, 6.45) is -0.436. The van der Waals surface area contributed by atoms with Crippen molar-refractivity contribution in [2.75, 3.05) is 7.11 Å². The van der Waals surface area contributed by atoms with Gasteiger partial charge < -0.3 is 9.84 Å². The van der Waals surface area contributed by atoms with Gasteiger partial charge in [-0.15, -0.1) is 10.2 Å². The van der Waals surface area contributed by atoms with E-state index in [4.69, 9.17) is 16.3 Å². The molecule has 1 N–H and O–H groups in total. The van der Waals surface area contributed by atoms with Gasteiger partial charge in [-0.1, -0.05) is 17.7 Å². The largest absolute Gasteiger partial charge is 0.495 e. The van der Waals surface area contributed by atoms with Crippen LogP contribution in [-0.4, -0.2) is 32.4 Å². The van der Waals surface area contributed by atoms with Crippen molar-refractivity contribution in [3.8, 4) is 5.75 Å². The maximum Gasteiger partial charge on any atom is 0.177 e. The van der Waals surface area contributed by atoms with Crippen LogP contribution in [0.3, 0.4) is 0 Å². The summed E-state index contributed by atoms with van der Waals surface area (Å²) in [6, 6.07) is 5.14. The Kier molecular flexibility index (Phi) is 3.78. The van der Waals surface area contributed by atoms with Crippen molar-refractivity contribution >= 4 is 11.6 Å². The molecule has 0 fully saturated rings. The van der Waals surface area contributed by atoms with Crippen molar-refractivity contribution in [2.45, 2.75) is 12.5 Å². The van der Waals surface area contributed by atoms with Gasteiger partial charge in [0.05, 0.1) is 25.3 Å². The van der Waals surface area contributed by atoms with E-state index in [1.807, 2.05) is 0 Å². The number of hydrogen-bond donors (Lipinski definition) is 1. The van der Waals surface area contributed by atoms with E-state index in [1.54, 1.807) is 32.4 Å². The lowest BCUT2D eigenvalue weighted by Crippen LogP contribution is -2.04. The molecule has 0 amide bonds. The highest BCUT2D eigenvalue weighted by atomic mass is 35.5. The number of aliphatic hydroxyl groups is 1. The van der Waals surface area contributed by atoms with E-state index < -0.39 is 6.10 Å². The van der Waals surface area contributed by atoms with Crippen molar-refractivity contribution in [3.63, 3.8) is 0 Å². The molecule has 7 heteroatoms. The van der Waals surface area contributed by atoms with Crippen LogP contribution in [-0.2, 0) is 13.5 Å². The normalized spacial score (nSPS) is 12.4. The molecule has 0 aliphatic carbocycles. The van der Waals surface area contributed by atoms with Gasteiger partial charge in [0.1, 0.15) is 5.75 Å². The summed E-state index contributed by atoms with van der Waals surface area (Å²) >= 11 is 6.00. The van der Waals surface area contributed by atoms with Gasteiger partial charge in [-0.05, 0) is 22.9 Å². The first-order valence-electron chi connectivity index (χ1n) is 5.34. The molecule has 18 heavy (non-hydrogen) atoms. The molecule has 6 nitrogen and oxygen atoms in total. The zero-order valence-electron chi connectivity index (χ0n) is 10.0. The van der Waals surface area contributed by atoms with Crippen molar-refractivity contribution in [1.29, 1.82) is 0 Å². The Hall–Kier alpha value is -1.66. The number of aryl methyl sites for hydroxylation is 1. The maximum atomic E-state index is 10.1. The van der Waals surface area contributed by atoms with Crippen LogP contribution in [0.4, 0.5) is 0 Å². The number of aromatic nitrogens is 4. The molecule has 1 aromatic heterocycles. The average molecular weight is 269 g/mol. The van der Waals surface area contributed by atoms with E-state index in [9.17, 15) is 5.11 Å². The van der Waals surface area contributed by atoms with E-state index in [0.717, 1.165) is 0 Å². The highest BCUT2D eigenvalue weighted by Gasteiger charge is 2.13. The quantitative estimate of drug-likeness (QED) is 0.900. The van der Waals surface area contributed by atoms with Crippen LogP contribution in [0.25, 0.3) is 0 Å². The second kappa shape index (κ2) is 5.32. The highest BCUT2D eigenvalue weighted by molar-refractivity contribution is 6.32. The van der Waals surface area contributed by atoms with Crippen molar-refractivity contribution in [3.05, 3.63) is 34.6 Å². The summed E-state index contributed by atoms with van der Waals surface area (Å²) < 4.78 is 5.05. The van der Waals surface area contributed by atoms with Gasteiger partial charge in [0.15, 0.2) is 5.82 Å². The summed E-state index contributed by atoms with van der Waals surface area (Å²) in [7, 11) is 3.22. The lowest BCUT2D eigenvalue weighted by Gasteiger charge is -2.10. The average Bonchev–Trinajstić information content (AvgIpc) is 2.74. The molecule has 0 saturated carbocycles. The van der Waals surface area contributed by atoms with Crippen LogP contribution >= 0.6 is 11.6 Å². The van der Waals surface area contributed by atoms with Crippen LogP contribution in [0.1, 0.15) is 17.5 Å². The molecule has 1 unspecified atom stereocenters. The molecular weight excluding hydrogens is 256 g/mol. The first kappa shape index (κ1) is 12.8. The van der Waals surface area contributed by atoms with Crippen molar-refractivity contribution in [2.24, 2.45) is 7.05 Å². The standard InChI is InChI=1S/C11H13ClN4O2/c1-16-14-11(13-15-16)6-9(17)7-3-4-10(18-2)8(12)5-7/h3-5,9,17H,6H2,1-2H3. The molecule has 1 heterocycles. The minimum atomic E-state index is -0.724. The molecule has 0 aliphatic heterocycles. The van der Waals surface area contributed by atoms with E-state index in [-0.39, 0.29) is 6.42 Å². The van der Waals surface area contributed by atoms with Gasteiger partial charge in [0, 0.05) is 6.42 Å². The van der Waals surface area contributed by atoms with Crippen LogP contribution < -0.4 is 4.74 Å². The molecule has 0 spiro atoms. The molecule has 1 aromatic carbocycles. The summed E-state index contributed by atoms with van der Waals surface area (Å²) in [5.41, 5.74) is 0.688. The van der Waals surface area contributed by atoms with Gasteiger partial charge in [-0.25, -0.2) is 0 Å². The second-order valence-corrected chi connectivity index (χ2v) is 4.22. The van der Waals surface area contributed by atoms with Crippen molar-refractivity contribution in [1.82, 2.24) is 20.2 Å². The molecule has 0 bridgehead atoms. The molecule has 1 atom stereocenters. The van der Waals surface area contributed by atoms with Gasteiger partial charge in [0.2, 0.25) is 0 Å². The number of ether oxygens (including phenoxy) is 1. The lowest BCUT2D eigenvalue weighted by atomic mass is 10.1. The Balaban J connectivity index is 2.13. The lowest BCUT2D eigenvalue weighted by molar-refractivity contribution is 0.175. The fourth-order valence-electron chi connectivity index (χ4n) is 1.59. The smallest absolute Gasteiger partial charge is 0.177 e. The molecule has 2 aromatic rings. The van der Waals surface area contributed by atoms with Crippen LogP contribution in [0.5, 0.6) is 5.75 Å². The second-order valence-electron chi connectivity index (χ2n) is 3.81. The van der Waals surface area contributed by atoms with Crippen molar-refractivity contribution < 1.29 is 9.84 Å². The summed E-state index contributed by atoms with van der Waals surface area (Å²) in [5, 5.41) is 22.1. The summed E-state index contributed by atoms with van der Waals surface area (Å²) in [4.78, 5) is 1.35. The maximum absolute atomic E-state index is 10.1. The zero-order valence-corrected chi connectivity index (χ0v) is 10.8. The third-order valence-electron chi connectivity index (χ3n) is 2.49. The molecule has 0 saturated heterocycles. The fraction of sp³-hybridized carbons (Fsp3) is 0.364. The number of benzene rings is 1. The number of hydrogen-bond acceptors (Lipinski definition) is 5. The van der Waals surface area contributed by atoms with Gasteiger partial charge >= 0.3 is 0 Å². The number of aliphatic hydroxyl groups excluding tert-OH is 1. The molecule has 96 valence electrons. The van der Waals surface area contributed by atoms with E-state index in [2.05, 4.69) is 15.4 Å². The Morgan fingerprint density at radius 2 is 2.28 bits per heavy atom. The fourth-order valence-corrected chi connectivity index (χ4v) is 1.85. The Morgan fingerprint density at radius 3 is 2.83 bits per heavy atom. The molecule has 0 radical (unpaired) electrons. The molecular formula is C11H13ClN4O2. The van der Waals surface area contributed by atoms with E-state index >= 15 is 0 Å². The topological polar surface area (TPSA) is 73.1 Å². The summed E-state index contributed by atoms with van der Waals surface area (Å²) in [6.45, 7) is 0. The van der Waals surface area contributed by atoms with Crippen LogP contribution in [0, 0.1) is 0 Å². The Labute approximate surface area is 109 Å². The number of methoxy groups -OCH3 is 1. The predicted molar refractivity (Wildman–Crippen MR) is 65.5 cm³/mol. The molecule has 2 rings (SSSR count). The van der Waals surface area contributed by atoms with Gasteiger partial charge in [0.25, 0.3) is 0 Å². The van der Waals surface area contributed by atoms with Crippen LogP contribution in [0.2, 0.25) is 5.02 Å².